The molecule has 3 N–H and O–H groups in total. The van der Waals surface area contributed by atoms with Gasteiger partial charge in [-0.05, 0) is 34.7 Å². The average molecular weight is 311 g/mol. The number of rotatable bonds is 3. The first-order chi connectivity index (χ1) is 9.79. The number of carbonyl (C=O) groups excluding carboxylic acids is 1. The van der Waals surface area contributed by atoms with Crippen molar-refractivity contribution in [3.8, 4) is 0 Å². The van der Waals surface area contributed by atoms with Crippen LogP contribution < -0.4 is 11.1 Å². The molecule has 1 aromatic rings. The Morgan fingerprint density at radius 2 is 1.95 bits per heavy atom. The van der Waals surface area contributed by atoms with Gasteiger partial charge in [0.05, 0.1) is 0 Å². The minimum absolute atomic E-state index is 0.00592. The second kappa shape index (κ2) is 6.19. The lowest BCUT2D eigenvalue weighted by molar-refractivity contribution is 0.0419. The highest BCUT2D eigenvalue weighted by molar-refractivity contribution is 7.18. The molecule has 0 saturated carbocycles. The van der Waals surface area contributed by atoms with Gasteiger partial charge in [-0.1, -0.05) is 11.3 Å². The Morgan fingerprint density at radius 3 is 2.48 bits per heavy atom. The van der Waals surface area contributed by atoms with Gasteiger partial charge in [-0.3, -0.25) is 9.69 Å². The normalized spacial score (nSPS) is 23.6. The lowest BCUT2D eigenvalue weighted by Gasteiger charge is -2.42. The highest BCUT2D eigenvalue weighted by Crippen LogP contribution is 2.28. The van der Waals surface area contributed by atoms with E-state index in [2.05, 4.69) is 36.1 Å². The molecule has 1 fully saturated rings. The van der Waals surface area contributed by atoms with Gasteiger partial charge >= 0.3 is 0 Å². The van der Waals surface area contributed by atoms with E-state index in [-0.39, 0.29) is 11.9 Å². The van der Waals surface area contributed by atoms with Crippen molar-refractivity contribution in [1.29, 1.82) is 0 Å². The summed E-state index contributed by atoms with van der Waals surface area (Å²) >= 11 is 1.34. The maximum atomic E-state index is 12.7. The summed E-state index contributed by atoms with van der Waals surface area (Å²) in [5, 5.41) is 3.91. The summed E-state index contributed by atoms with van der Waals surface area (Å²) < 4.78 is 0. The van der Waals surface area contributed by atoms with Crippen molar-refractivity contribution in [2.45, 2.75) is 45.8 Å². The Balaban J connectivity index is 2.15. The maximum absolute atomic E-state index is 12.7. The molecular formula is C14H25N5OS. The van der Waals surface area contributed by atoms with Crippen LogP contribution in [0, 0.1) is 0 Å². The van der Waals surface area contributed by atoms with Gasteiger partial charge in [-0.2, -0.15) is 0 Å². The number of likely N-dealkylation sites (N-methyl/N-ethyl adjacent to an activating group) is 1. The van der Waals surface area contributed by atoms with Crippen LogP contribution in [0.4, 0.5) is 10.9 Å². The van der Waals surface area contributed by atoms with Crippen molar-refractivity contribution in [1.82, 2.24) is 14.8 Å². The van der Waals surface area contributed by atoms with E-state index < -0.39 is 0 Å². The molecule has 1 amide bonds. The zero-order chi connectivity index (χ0) is 15.7. The highest BCUT2D eigenvalue weighted by atomic mass is 32.1. The molecule has 2 rings (SSSR count). The fraction of sp³-hybridized carbons (Fsp3) is 0.714. The predicted molar refractivity (Wildman–Crippen MR) is 87.9 cm³/mol. The second-order valence-electron chi connectivity index (χ2n) is 6.11. The molecule has 0 aliphatic carbocycles. The Labute approximate surface area is 130 Å². The van der Waals surface area contributed by atoms with E-state index in [9.17, 15) is 4.79 Å². The van der Waals surface area contributed by atoms with E-state index in [0.717, 1.165) is 13.1 Å². The van der Waals surface area contributed by atoms with Crippen molar-refractivity contribution >= 4 is 28.2 Å². The molecule has 0 bridgehead atoms. The van der Waals surface area contributed by atoms with Crippen LogP contribution in [0.3, 0.4) is 0 Å². The molecule has 2 unspecified atom stereocenters. The lowest BCUT2D eigenvalue weighted by Crippen LogP contribution is -2.56. The summed E-state index contributed by atoms with van der Waals surface area (Å²) in [5.74, 6) is 0.320. The van der Waals surface area contributed by atoms with Gasteiger partial charge in [-0.15, -0.1) is 0 Å². The standard InChI is InChI=1S/C14H25N5OS/c1-8(2)16-14-17-12(15)11(21-14)13(20)19-6-9(3)18(5)10(4)7-19/h8-10H,6-7,15H2,1-5H3,(H,16,17). The van der Waals surface area contributed by atoms with Crippen LogP contribution >= 0.6 is 11.3 Å². The molecule has 1 aliphatic heterocycles. The number of nitrogens with two attached hydrogens (primary N) is 1. The van der Waals surface area contributed by atoms with E-state index in [1.165, 1.54) is 11.3 Å². The smallest absolute Gasteiger partial charge is 0.267 e. The molecule has 118 valence electrons. The van der Waals surface area contributed by atoms with Crippen molar-refractivity contribution in [3.05, 3.63) is 4.88 Å². The first-order valence-corrected chi connectivity index (χ1v) is 8.15. The number of hydrogen-bond acceptors (Lipinski definition) is 6. The van der Waals surface area contributed by atoms with Gasteiger partial charge in [0, 0.05) is 31.2 Å². The molecule has 0 aromatic carbocycles. The predicted octanol–water partition coefficient (Wildman–Crippen LogP) is 1.71. The molecule has 0 spiro atoms. The number of amides is 1. The third kappa shape index (κ3) is 3.47. The monoisotopic (exact) mass is 311 g/mol. The number of nitrogens with zero attached hydrogens (tertiary/aromatic N) is 3. The number of nitrogen functional groups attached to an aromatic ring is 1. The Kier molecular flexibility index (Phi) is 4.73. The molecule has 1 aliphatic rings. The van der Waals surface area contributed by atoms with E-state index in [0.29, 0.717) is 27.9 Å². The average Bonchev–Trinajstić information content (AvgIpc) is 2.74. The topological polar surface area (TPSA) is 74.5 Å². The molecule has 0 radical (unpaired) electrons. The largest absolute Gasteiger partial charge is 0.382 e. The molecule has 1 saturated heterocycles. The van der Waals surface area contributed by atoms with Crippen LogP contribution in [0.5, 0.6) is 0 Å². The summed E-state index contributed by atoms with van der Waals surface area (Å²) in [7, 11) is 2.10. The number of nitrogens with one attached hydrogen (secondary N) is 1. The van der Waals surface area contributed by atoms with Crippen molar-refractivity contribution in [2.24, 2.45) is 0 Å². The summed E-state index contributed by atoms with van der Waals surface area (Å²) in [6.45, 7) is 9.79. The van der Waals surface area contributed by atoms with Crippen molar-refractivity contribution in [3.63, 3.8) is 0 Å². The molecule has 7 heteroatoms. The van der Waals surface area contributed by atoms with Crippen molar-refractivity contribution < 1.29 is 4.79 Å². The summed E-state index contributed by atoms with van der Waals surface area (Å²) in [6, 6.07) is 0.961. The summed E-state index contributed by atoms with van der Waals surface area (Å²) in [5.41, 5.74) is 5.92. The first-order valence-electron chi connectivity index (χ1n) is 7.33. The van der Waals surface area contributed by atoms with Gasteiger partial charge in [0.15, 0.2) is 5.13 Å². The minimum atomic E-state index is -0.00592. The molecule has 2 atom stereocenters. The molecule has 1 aromatic heterocycles. The Morgan fingerprint density at radius 1 is 1.38 bits per heavy atom. The van der Waals surface area contributed by atoms with Crippen LogP contribution in [0.15, 0.2) is 0 Å². The second-order valence-corrected chi connectivity index (χ2v) is 7.11. The SMILES string of the molecule is CC(C)Nc1nc(N)c(C(=O)N2CC(C)N(C)C(C)C2)s1. The Bertz CT molecular complexity index is 503. The summed E-state index contributed by atoms with van der Waals surface area (Å²) in [6.07, 6.45) is 0. The van der Waals surface area contributed by atoms with Crippen LogP contribution in [-0.2, 0) is 0 Å². The number of hydrogen-bond donors (Lipinski definition) is 2. The quantitative estimate of drug-likeness (QED) is 0.889. The van der Waals surface area contributed by atoms with Gasteiger partial charge in [0.25, 0.3) is 5.91 Å². The number of aromatic nitrogens is 1. The number of piperazine rings is 1. The van der Waals surface area contributed by atoms with Gasteiger partial charge < -0.3 is 16.0 Å². The van der Waals surface area contributed by atoms with Crippen molar-refractivity contribution in [2.75, 3.05) is 31.2 Å². The van der Waals surface area contributed by atoms with E-state index in [1.807, 2.05) is 18.7 Å². The van der Waals surface area contributed by atoms with Gasteiger partial charge in [0.2, 0.25) is 0 Å². The van der Waals surface area contributed by atoms with E-state index in [1.54, 1.807) is 0 Å². The molecule has 2 heterocycles. The van der Waals surface area contributed by atoms with Gasteiger partial charge in [0.1, 0.15) is 10.7 Å². The fourth-order valence-corrected chi connectivity index (χ4v) is 3.51. The summed E-state index contributed by atoms with van der Waals surface area (Å²) in [4.78, 5) is 21.7. The molecule has 6 nitrogen and oxygen atoms in total. The van der Waals surface area contributed by atoms with Crippen LogP contribution in [0.25, 0.3) is 0 Å². The lowest BCUT2D eigenvalue weighted by atomic mass is 10.1. The van der Waals surface area contributed by atoms with Crippen LogP contribution in [0.2, 0.25) is 0 Å². The van der Waals surface area contributed by atoms with E-state index in [4.69, 9.17) is 5.73 Å². The minimum Gasteiger partial charge on any atom is -0.382 e. The number of anilines is 2. The fourth-order valence-electron chi connectivity index (χ4n) is 2.51. The third-order valence-electron chi connectivity index (χ3n) is 3.91. The molecule has 21 heavy (non-hydrogen) atoms. The van der Waals surface area contributed by atoms with Crippen LogP contribution in [-0.4, -0.2) is 59.0 Å². The number of thiazole rings is 1. The maximum Gasteiger partial charge on any atom is 0.267 e. The zero-order valence-corrected chi connectivity index (χ0v) is 14.2. The van der Waals surface area contributed by atoms with E-state index >= 15 is 0 Å². The third-order valence-corrected chi connectivity index (χ3v) is 4.90. The van der Waals surface area contributed by atoms with Crippen LogP contribution in [0.1, 0.15) is 37.4 Å². The zero-order valence-electron chi connectivity index (χ0n) is 13.4. The molecular weight excluding hydrogens is 286 g/mol. The Hall–Kier alpha value is -1.34. The highest BCUT2D eigenvalue weighted by Gasteiger charge is 2.31. The number of carbonyl (C=O) groups is 1. The first kappa shape index (κ1) is 16.0. The van der Waals surface area contributed by atoms with Gasteiger partial charge in [-0.25, -0.2) is 4.98 Å².